The van der Waals surface area contributed by atoms with Gasteiger partial charge in [0, 0.05) is 0 Å². The van der Waals surface area contributed by atoms with Crippen LogP contribution in [0.4, 0.5) is 0 Å². The molecule has 0 heterocycles. The van der Waals surface area contributed by atoms with E-state index in [1.54, 1.807) is 0 Å². The molecular weight excluding hydrogens is 240 g/mol. The second kappa shape index (κ2) is 6.72. The maximum atomic E-state index is 3.92. The van der Waals surface area contributed by atoms with Gasteiger partial charge in [0.15, 0.2) is 0 Å². The minimum absolute atomic E-state index is 0.992. The molecule has 0 aliphatic carbocycles. The Hall–Kier alpha value is -2.34. The van der Waals surface area contributed by atoms with Crippen molar-refractivity contribution in [3.8, 4) is 0 Å². The van der Waals surface area contributed by atoms with Crippen molar-refractivity contribution < 1.29 is 0 Å². The van der Waals surface area contributed by atoms with Gasteiger partial charge in [0.05, 0.1) is 0 Å². The van der Waals surface area contributed by atoms with Crippen molar-refractivity contribution >= 4 is 17.7 Å². The van der Waals surface area contributed by atoms with E-state index in [1.807, 2.05) is 24.3 Å². The highest BCUT2D eigenvalue weighted by Crippen LogP contribution is 2.30. The Kier molecular flexibility index (Phi) is 4.73. The summed E-state index contributed by atoms with van der Waals surface area (Å²) in [5.41, 5.74) is 6.01. The highest BCUT2D eigenvalue weighted by Gasteiger charge is 2.10. The summed E-state index contributed by atoms with van der Waals surface area (Å²) >= 11 is 0. The van der Waals surface area contributed by atoms with Crippen LogP contribution < -0.4 is 0 Å². The molecule has 0 saturated carbocycles. The molecule has 20 heavy (non-hydrogen) atoms. The van der Waals surface area contributed by atoms with Crippen molar-refractivity contribution in [3.05, 3.63) is 90.0 Å². The maximum Gasteiger partial charge on any atom is -0.0109 e. The zero-order chi connectivity index (χ0) is 14.4. The van der Waals surface area contributed by atoms with E-state index in [1.165, 1.54) is 16.7 Å². The molecule has 0 aliphatic heterocycles. The van der Waals surface area contributed by atoms with Gasteiger partial charge in [-0.1, -0.05) is 86.8 Å². The molecule has 2 aromatic rings. The van der Waals surface area contributed by atoms with E-state index >= 15 is 0 Å². The summed E-state index contributed by atoms with van der Waals surface area (Å²) in [5, 5.41) is 0. The molecule has 0 nitrogen and oxygen atoms in total. The fourth-order valence-electron chi connectivity index (χ4n) is 2.41. The average molecular weight is 260 g/mol. The second-order valence-corrected chi connectivity index (χ2v) is 4.61. The Morgan fingerprint density at radius 2 is 1.30 bits per heavy atom. The standard InChI is InChI=1S/C20H20/c1-4-11-20(18-14-9-7-12-16(18)5-2)19-15-10-8-13-17(19)6-3/h5-15H,2-4H2,1H3. The van der Waals surface area contributed by atoms with Crippen LogP contribution in [0.3, 0.4) is 0 Å². The molecule has 0 aliphatic rings. The minimum Gasteiger partial charge on any atom is -0.0984 e. The van der Waals surface area contributed by atoms with E-state index in [0.29, 0.717) is 0 Å². The van der Waals surface area contributed by atoms with Gasteiger partial charge in [0.1, 0.15) is 0 Å². The predicted octanol–water partition coefficient (Wildman–Crippen LogP) is 5.81. The summed E-state index contributed by atoms with van der Waals surface area (Å²) in [4.78, 5) is 0. The number of allylic oxidation sites excluding steroid dienone is 1. The van der Waals surface area contributed by atoms with Gasteiger partial charge in [-0.15, -0.1) is 0 Å². The van der Waals surface area contributed by atoms with Gasteiger partial charge in [0.2, 0.25) is 0 Å². The monoisotopic (exact) mass is 260 g/mol. The van der Waals surface area contributed by atoms with Gasteiger partial charge in [-0.2, -0.15) is 0 Å². The van der Waals surface area contributed by atoms with E-state index in [0.717, 1.165) is 17.5 Å². The van der Waals surface area contributed by atoms with E-state index in [2.05, 4.69) is 62.6 Å². The quantitative estimate of drug-likeness (QED) is 0.636. The van der Waals surface area contributed by atoms with E-state index < -0.39 is 0 Å². The summed E-state index contributed by atoms with van der Waals surface area (Å²) in [5.74, 6) is 0. The first-order valence-electron chi connectivity index (χ1n) is 6.95. The smallest absolute Gasteiger partial charge is 0.0109 e. The van der Waals surface area contributed by atoms with E-state index in [9.17, 15) is 0 Å². The van der Waals surface area contributed by atoms with Crippen LogP contribution >= 0.6 is 0 Å². The summed E-state index contributed by atoms with van der Waals surface area (Å²) in [6.45, 7) is 10.0. The molecule has 0 radical (unpaired) electrons. The summed E-state index contributed by atoms with van der Waals surface area (Å²) in [6, 6.07) is 16.7. The summed E-state index contributed by atoms with van der Waals surface area (Å²) < 4.78 is 0. The molecule has 0 N–H and O–H groups in total. The second-order valence-electron chi connectivity index (χ2n) is 4.61. The molecular formula is C20H20. The lowest BCUT2D eigenvalue weighted by atomic mass is 9.90. The Bertz CT molecular complexity index is 591. The first-order valence-corrected chi connectivity index (χ1v) is 6.95. The lowest BCUT2D eigenvalue weighted by Gasteiger charge is -2.14. The highest BCUT2D eigenvalue weighted by molar-refractivity contribution is 5.87. The molecule has 2 rings (SSSR count). The molecule has 0 saturated heterocycles. The van der Waals surface area contributed by atoms with Crippen molar-refractivity contribution in [1.82, 2.24) is 0 Å². The van der Waals surface area contributed by atoms with Crippen LogP contribution in [0.1, 0.15) is 35.6 Å². The van der Waals surface area contributed by atoms with Crippen molar-refractivity contribution in [3.63, 3.8) is 0 Å². The Labute approximate surface area is 121 Å². The van der Waals surface area contributed by atoms with Crippen molar-refractivity contribution in [2.75, 3.05) is 0 Å². The maximum absolute atomic E-state index is 3.92. The van der Waals surface area contributed by atoms with Crippen LogP contribution in [0.25, 0.3) is 17.7 Å². The zero-order valence-corrected chi connectivity index (χ0v) is 12.0. The van der Waals surface area contributed by atoms with Crippen LogP contribution in [0.15, 0.2) is 67.8 Å². The molecule has 0 atom stereocenters. The molecule has 0 heteroatoms. The Morgan fingerprint density at radius 3 is 1.70 bits per heavy atom. The first-order chi connectivity index (χ1) is 9.81. The molecule has 0 unspecified atom stereocenters. The van der Waals surface area contributed by atoms with Crippen LogP contribution in [0, 0.1) is 0 Å². The third-order valence-electron chi connectivity index (χ3n) is 3.35. The van der Waals surface area contributed by atoms with Crippen LogP contribution in [0.5, 0.6) is 0 Å². The fourth-order valence-corrected chi connectivity index (χ4v) is 2.41. The molecule has 0 spiro atoms. The van der Waals surface area contributed by atoms with Gasteiger partial charge < -0.3 is 0 Å². The van der Waals surface area contributed by atoms with Gasteiger partial charge in [0.25, 0.3) is 0 Å². The number of rotatable bonds is 5. The topological polar surface area (TPSA) is 0 Å². The summed E-state index contributed by atoms with van der Waals surface area (Å²) in [7, 11) is 0. The number of hydrogen-bond acceptors (Lipinski definition) is 0. The van der Waals surface area contributed by atoms with Gasteiger partial charge >= 0.3 is 0 Å². The molecule has 0 amide bonds. The molecule has 0 bridgehead atoms. The fraction of sp³-hybridized carbons (Fsp3) is 0.100. The third kappa shape index (κ3) is 2.80. The molecule has 0 aromatic heterocycles. The van der Waals surface area contributed by atoms with Crippen molar-refractivity contribution in [2.24, 2.45) is 0 Å². The Balaban J connectivity index is 2.66. The largest absolute Gasteiger partial charge is 0.0984 e. The van der Waals surface area contributed by atoms with Gasteiger partial charge in [-0.25, -0.2) is 0 Å². The highest BCUT2D eigenvalue weighted by atomic mass is 14.1. The normalized spacial score (nSPS) is 9.85. The Morgan fingerprint density at radius 1 is 0.850 bits per heavy atom. The molecule has 2 aromatic carbocycles. The number of hydrogen-bond donors (Lipinski definition) is 0. The number of benzene rings is 2. The lowest BCUT2D eigenvalue weighted by molar-refractivity contribution is 1.22. The van der Waals surface area contributed by atoms with Gasteiger partial charge in [-0.05, 0) is 34.2 Å². The van der Waals surface area contributed by atoms with Gasteiger partial charge in [-0.3, -0.25) is 0 Å². The first kappa shape index (κ1) is 14.1. The lowest BCUT2D eigenvalue weighted by Crippen LogP contribution is -1.94. The minimum atomic E-state index is 0.992. The summed E-state index contributed by atoms with van der Waals surface area (Å²) in [6.07, 6.45) is 7.08. The van der Waals surface area contributed by atoms with E-state index in [-0.39, 0.29) is 0 Å². The SMILES string of the molecule is C=Cc1ccccc1C(=CCC)c1ccccc1C=C. The van der Waals surface area contributed by atoms with Crippen LogP contribution in [-0.2, 0) is 0 Å². The predicted molar refractivity (Wildman–Crippen MR) is 90.4 cm³/mol. The van der Waals surface area contributed by atoms with Crippen LogP contribution in [0.2, 0.25) is 0 Å². The third-order valence-corrected chi connectivity index (χ3v) is 3.35. The van der Waals surface area contributed by atoms with E-state index in [4.69, 9.17) is 0 Å². The zero-order valence-electron chi connectivity index (χ0n) is 12.0. The molecule has 100 valence electrons. The molecule has 0 fully saturated rings. The average Bonchev–Trinajstić information content (AvgIpc) is 2.52. The van der Waals surface area contributed by atoms with Crippen LogP contribution in [-0.4, -0.2) is 0 Å². The van der Waals surface area contributed by atoms with Crippen molar-refractivity contribution in [1.29, 1.82) is 0 Å². The van der Waals surface area contributed by atoms with Crippen molar-refractivity contribution in [2.45, 2.75) is 13.3 Å².